The molecule has 4 N–H and O–H groups in total. The van der Waals surface area contributed by atoms with E-state index in [1.54, 1.807) is 18.6 Å². The second kappa shape index (κ2) is 9.74. The maximum Gasteiger partial charge on any atom is 0.226 e. The highest BCUT2D eigenvalue weighted by molar-refractivity contribution is 5.97. The molecule has 1 amide bonds. The number of nitrogens with one attached hydrogen (secondary N) is 4. The summed E-state index contributed by atoms with van der Waals surface area (Å²) in [4.78, 5) is 31.3. The van der Waals surface area contributed by atoms with Crippen molar-refractivity contribution in [2.45, 2.75) is 13.8 Å². The Balaban J connectivity index is 1.52. The number of hydrogen-bond acceptors (Lipinski definition) is 7. The third-order valence-corrected chi connectivity index (χ3v) is 6.13. The molecule has 0 spiro atoms. The minimum Gasteiger partial charge on any atom is -0.370 e. The van der Waals surface area contributed by atoms with Gasteiger partial charge in [0.25, 0.3) is 0 Å². The minimum absolute atomic E-state index is 0.0446. The molecular weight excluding hydrogens is 454 g/mol. The lowest BCUT2D eigenvalue weighted by atomic mass is 10.0. The van der Waals surface area contributed by atoms with Gasteiger partial charge in [-0.2, -0.15) is 5.10 Å². The number of nitrogens with zero attached hydrogens (tertiary/aromatic N) is 5. The van der Waals surface area contributed by atoms with Crippen molar-refractivity contribution in [3.05, 3.63) is 49.1 Å². The lowest BCUT2D eigenvalue weighted by Gasteiger charge is -2.18. The Morgan fingerprint density at radius 3 is 2.69 bits per heavy atom. The molecule has 10 nitrogen and oxygen atoms in total. The van der Waals surface area contributed by atoms with Crippen molar-refractivity contribution < 1.29 is 4.79 Å². The predicted molar refractivity (Wildman–Crippen MR) is 143 cm³/mol. The molecule has 5 aromatic rings. The first-order valence-electron chi connectivity index (χ1n) is 11.9. The molecule has 0 saturated heterocycles. The van der Waals surface area contributed by atoms with Crippen LogP contribution in [0.1, 0.15) is 13.8 Å². The molecule has 5 rings (SSSR count). The molecule has 0 saturated carbocycles. The maximum absolute atomic E-state index is 12.1. The fourth-order valence-electron chi connectivity index (χ4n) is 4.04. The Morgan fingerprint density at radius 1 is 1.06 bits per heavy atom. The first-order chi connectivity index (χ1) is 17.4. The van der Waals surface area contributed by atoms with E-state index in [-0.39, 0.29) is 11.8 Å². The van der Waals surface area contributed by atoms with E-state index in [0.717, 1.165) is 57.5 Å². The van der Waals surface area contributed by atoms with Gasteiger partial charge in [0.15, 0.2) is 5.82 Å². The van der Waals surface area contributed by atoms with Gasteiger partial charge in [-0.1, -0.05) is 19.9 Å². The van der Waals surface area contributed by atoms with E-state index in [4.69, 9.17) is 4.98 Å². The third-order valence-electron chi connectivity index (χ3n) is 6.13. The topological polar surface area (TPSA) is 128 Å². The van der Waals surface area contributed by atoms with E-state index in [1.807, 2.05) is 52.3 Å². The number of fused-ring (bicyclic) bond motifs is 2. The minimum atomic E-state index is -0.110. The Labute approximate surface area is 208 Å². The summed E-state index contributed by atoms with van der Waals surface area (Å²) in [5, 5.41) is 14.7. The van der Waals surface area contributed by atoms with Gasteiger partial charge in [-0.25, -0.2) is 4.98 Å². The molecule has 0 aliphatic carbocycles. The van der Waals surface area contributed by atoms with Crippen molar-refractivity contribution in [1.82, 2.24) is 35.5 Å². The standard InChI is InChI=1S/C26H29N9O/c1-15(2)26(36)30-18-9-17(11-28-12-18)16-5-6-20-19(10-16)23(34-33-20)25-31-21-13-29-14-22(24(21)32-25)35(4)8-7-27-3/h5-6,9-15,27H,7-8H2,1-4H3,(H,30,36)(H,31,32)(H,33,34). The number of carbonyl (C=O) groups is 1. The summed E-state index contributed by atoms with van der Waals surface area (Å²) in [5.41, 5.74) is 6.81. The largest absolute Gasteiger partial charge is 0.370 e. The smallest absolute Gasteiger partial charge is 0.226 e. The SMILES string of the molecule is CNCCN(C)c1cncc2[nH]c(-c3n[nH]c4ccc(-c5cncc(NC(=O)C(C)C)c5)cc34)nc12. The number of aromatic amines is 2. The quantitative estimate of drug-likeness (QED) is 0.264. The molecule has 4 aromatic heterocycles. The normalized spacial score (nSPS) is 11.5. The Kier molecular flexibility index (Phi) is 6.34. The Morgan fingerprint density at radius 2 is 1.89 bits per heavy atom. The first kappa shape index (κ1) is 23.4. The van der Waals surface area contributed by atoms with Crippen LogP contribution in [0, 0.1) is 5.92 Å². The van der Waals surface area contributed by atoms with Crippen molar-refractivity contribution >= 4 is 39.2 Å². The molecule has 0 unspecified atom stereocenters. The molecule has 184 valence electrons. The number of H-pyrrole nitrogens is 2. The number of rotatable bonds is 8. The summed E-state index contributed by atoms with van der Waals surface area (Å²) < 4.78 is 0. The van der Waals surface area contributed by atoms with Gasteiger partial charge in [0.05, 0.1) is 41.0 Å². The van der Waals surface area contributed by atoms with Gasteiger partial charge in [0, 0.05) is 43.2 Å². The van der Waals surface area contributed by atoms with Gasteiger partial charge in [-0.3, -0.25) is 19.9 Å². The average molecular weight is 484 g/mol. The van der Waals surface area contributed by atoms with E-state index in [9.17, 15) is 4.79 Å². The van der Waals surface area contributed by atoms with E-state index < -0.39 is 0 Å². The number of hydrogen-bond donors (Lipinski definition) is 4. The monoisotopic (exact) mass is 483 g/mol. The molecule has 0 atom stereocenters. The molecule has 10 heteroatoms. The van der Waals surface area contributed by atoms with Crippen LogP contribution in [0.25, 0.3) is 44.6 Å². The maximum atomic E-state index is 12.1. The van der Waals surface area contributed by atoms with E-state index >= 15 is 0 Å². The van der Waals surface area contributed by atoms with Crippen LogP contribution < -0.4 is 15.5 Å². The summed E-state index contributed by atoms with van der Waals surface area (Å²) >= 11 is 0. The summed E-state index contributed by atoms with van der Waals surface area (Å²) in [7, 11) is 3.97. The molecular formula is C26H29N9O. The summed E-state index contributed by atoms with van der Waals surface area (Å²) in [6, 6.07) is 7.98. The number of carbonyl (C=O) groups excluding carboxylic acids is 1. The number of pyridine rings is 2. The van der Waals surface area contributed by atoms with Crippen LogP contribution in [0.4, 0.5) is 11.4 Å². The van der Waals surface area contributed by atoms with E-state index in [2.05, 4.69) is 46.7 Å². The highest BCUT2D eigenvalue weighted by atomic mass is 16.1. The molecule has 0 fully saturated rings. The zero-order chi connectivity index (χ0) is 25.2. The van der Waals surface area contributed by atoms with E-state index in [0.29, 0.717) is 11.5 Å². The molecule has 0 aliphatic heterocycles. The van der Waals surface area contributed by atoms with Crippen LogP contribution in [-0.2, 0) is 4.79 Å². The molecule has 1 aromatic carbocycles. The van der Waals surface area contributed by atoms with Crippen molar-refractivity contribution in [3.63, 3.8) is 0 Å². The van der Waals surface area contributed by atoms with Gasteiger partial charge in [-0.05, 0) is 30.8 Å². The number of imidazole rings is 1. The van der Waals surface area contributed by atoms with Gasteiger partial charge >= 0.3 is 0 Å². The van der Waals surface area contributed by atoms with Crippen LogP contribution >= 0.6 is 0 Å². The molecule has 36 heavy (non-hydrogen) atoms. The van der Waals surface area contributed by atoms with Gasteiger partial charge in [0.1, 0.15) is 11.2 Å². The van der Waals surface area contributed by atoms with Crippen LogP contribution in [0.5, 0.6) is 0 Å². The Hall–Kier alpha value is -4.31. The second-order valence-corrected chi connectivity index (χ2v) is 9.10. The average Bonchev–Trinajstić information content (AvgIpc) is 3.50. The highest BCUT2D eigenvalue weighted by Crippen LogP contribution is 2.32. The van der Waals surface area contributed by atoms with Crippen LogP contribution in [0.15, 0.2) is 49.1 Å². The summed E-state index contributed by atoms with van der Waals surface area (Å²) in [6.45, 7) is 5.41. The lowest BCUT2D eigenvalue weighted by molar-refractivity contribution is -0.118. The molecule has 0 bridgehead atoms. The van der Waals surface area contributed by atoms with Crippen LogP contribution in [-0.4, -0.2) is 63.2 Å². The number of benzene rings is 1. The molecule has 4 heterocycles. The zero-order valence-corrected chi connectivity index (χ0v) is 20.8. The van der Waals surface area contributed by atoms with E-state index in [1.165, 1.54) is 0 Å². The number of anilines is 2. The van der Waals surface area contributed by atoms with Gasteiger partial charge < -0.3 is 20.5 Å². The third kappa shape index (κ3) is 4.50. The Bertz CT molecular complexity index is 1540. The number of amides is 1. The van der Waals surface area contributed by atoms with Crippen LogP contribution in [0.3, 0.4) is 0 Å². The van der Waals surface area contributed by atoms with Crippen molar-refractivity contribution in [3.8, 4) is 22.6 Å². The molecule has 0 aliphatic rings. The van der Waals surface area contributed by atoms with Crippen molar-refractivity contribution in [2.75, 3.05) is 37.4 Å². The summed E-state index contributed by atoms with van der Waals surface area (Å²) in [6.07, 6.45) is 7.05. The molecule has 0 radical (unpaired) electrons. The van der Waals surface area contributed by atoms with Gasteiger partial charge in [-0.15, -0.1) is 0 Å². The summed E-state index contributed by atoms with van der Waals surface area (Å²) in [5.74, 6) is 0.513. The number of aromatic nitrogens is 6. The fourth-order valence-corrected chi connectivity index (χ4v) is 4.04. The highest BCUT2D eigenvalue weighted by Gasteiger charge is 2.17. The fraction of sp³-hybridized carbons (Fsp3) is 0.269. The predicted octanol–water partition coefficient (Wildman–Crippen LogP) is 3.81. The van der Waals surface area contributed by atoms with Crippen LogP contribution in [0.2, 0.25) is 0 Å². The number of likely N-dealkylation sites (N-methyl/N-ethyl adjacent to an activating group) is 2. The zero-order valence-electron chi connectivity index (χ0n) is 20.8. The van der Waals surface area contributed by atoms with Crippen molar-refractivity contribution in [2.24, 2.45) is 5.92 Å². The lowest BCUT2D eigenvalue weighted by Crippen LogP contribution is -2.27. The van der Waals surface area contributed by atoms with Gasteiger partial charge in [0.2, 0.25) is 5.91 Å². The van der Waals surface area contributed by atoms with Crippen molar-refractivity contribution in [1.29, 1.82) is 0 Å². The second-order valence-electron chi connectivity index (χ2n) is 9.10. The first-order valence-corrected chi connectivity index (χ1v) is 11.9.